The van der Waals surface area contributed by atoms with Crippen LogP contribution in [-0.2, 0) is 4.79 Å². The summed E-state index contributed by atoms with van der Waals surface area (Å²) in [6, 6.07) is 18.8. The molecule has 8 heteroatoms. The smallest absolute Gasteiger partial charge is 0.264 e. The Bertz CT molecular complexity index is 1280. The summed E-state index contributed by atoms with van der Waals surface area (Å²) in [5.74, 6) is 0.444. The topological polar surface area (TPSA) is 83.5 Å². The fourth-order valence-corrected chi connectivity index (χ4v) is 4.40. The zero-order chi connectivity index (χ0) is 22.7. The number of phenols is 1. The van der Waals surface area contributed by atoms with Gasteiger partial charge in [0.1, 0.15) is 16.5 Å². The number of thiazole rings is 1. The van der Waals surface area contributed by atoms with Gasteiger partial charge in [-0.05, 0) is 67.5 Å². The third kappa shape index (κ3) is 4.87. The standard InChI is InChI=1S/C24H21N3O3S2/c1-14-7-3-5-9-19(14)30-13-21(28)27-24(31)25-16-11-15(2)22(29)17(12-16)23-26-18-8-4-6-10-20(18)32-23/h3-12,29H,13H2,1-2H3,(H2,25,27,28,31). The van der Waals surface area contributed by atoms with Crippen LogP contribution in [0.2, 0.25) is 0 Å². The molecular formula is C24H21N3O3S2. The van der Waals surface area contributed by atoms with Crippen LogP contribution in [0.25, 0.3) is 20.8 Å². The molecule has 4 aromatic rings. The number of rotatable bonds is 5. The van der Waals surface area contributed by atoms with Crippen LogP contribution in [0.5, 0.6) is 11.5 Å². The van der Waals surface area contributed by atoms with Crippen molar-refractivity contribution in [2.45, 2.75) is 13.8 Å². The maximum atomic E-state index is 12.2. The summed E-state index contributed by atoms with van der Waals surface area (Å²) in [7, 11) is 0. The Kier molecular flexibility index (Phi) is 6.34. The largest absolute Gasteiger partial charge is 0.507 e. The second-order valence-electron chi connectivity index (χ2n) is 7.23. The fraction of sp³-hybridized carbons (Fsp3) is 0.125. The lowest BCUT2D eigenvalue weighted by molar-refractivity contribution is -0.121. The van der Waals surface area contributed by atoms with Crippen molar-refractivity contribution in [2.75, 3.05) is 11.9 Å². The first kappa shape index (κ1) is 21.7. The Hall–Kier alpha value is -3.49. The molecule has 1 aromatic heterocycles. The van der Waals surface area contributed by atoms with Crippen molar-refractivity contribution >= 4 is 50.5 Å². The number of phenolic OH excluding ortho intramolecular Hbond substituents is 1. The van der Waals surface area contributed by atoms with E-state index >= 15 is 0 Å². The highest BCUT2D eigenvalue weighted by Crippen LogP contribution is 2.38. The number of ether oxygens (including phenoxy) is 1. The van der Waals surface area contributed by atoms with Gasteiger partial charge in [-0.3, -0.25) is 10.1 Å². The second-order valence-corrected chi connectivity index (χ2v) is 8.67. The van der Waals surface area contributed by atoms with Crippen LogP contribution in [-0.4, -0.2) is 27.7 Å². The molecule has 0 aliphatic heterocycles. The number of thiocarbonyl (C=S) groups is 1. The van der Waals surface area contributed by atoms with Gasteiger partial charge in [0.2, 0.25) is 0 Å². The third-order valence-corrected chi connectivity index (χ3v) is 6.06. The minimum Gasteiger partial charge on any atom is -0.507 e. The van der Waals surface area contributed by atoms with Crippen molar-refractivity contribution in [3.8, 4) is 22.1 Å². The molecule has 1 amide bonds. The summed E-state index contributed by atoms with van der Waals surface area (Å²) in [5, 5.41) is 17.1. The molecular weight excluding hydrogens is 442 g/mol. The zero-order valence-electron chi connectivity index (χ0n) is 17.5. The van der Waals surface area contributed by atoms with Gasteiger partial charge in [0.25, 0.3) is 5.91 Å². The van der Waals surface area contributed by atoms with Crippen molar-refractivity contribution < 1.29 is 14.6 Å². The molecule has 0 saturated heterocycles. The molecule has 0 unspecified atom stereocenters. The normalized spacial score (nSPS) is 10.7. The Labute approximate surface area is 194 Å². The molecule has 0 spiro atoms. The number of amides is 1. The van der Waals surface area contributed by atoms with Crippen LogP contribution in [0.15, 0.2) is 60.7 Å². The van der Waals surface area contributed by atoms with Gasteiger partial charge in [-0.15, -0.1) is 11.3 Å². The average molecular weight is 464 g/mol. The molecule has 3 N–H and O–H groups in total. The van der Waals surface area contributed by atoms with Gasteiger partial charge in [-0.2, -0.15) is 0 Å². The van der Waals surface area contributed by atoms with E-state index < -0.39 is 0 Å². The van der Waals surface area contributed by atoms with Crippen molar-refractivity contribution in [2.24, 2.45) is 0 Å². The van der Waals surface area contributed by atoms with E-state index in [1.807, 2.05) is 55.5 Å². The molecule has 32 heavy (non-hydrogen) atoms. The van der Waals surface area contributed by atoms with Crippen LogP contribution in [0, 0.1) is 13.8 Å². The van der Waals surface area contributed by atoms with E-state index in [1.54, 1.807) is 19.1 Å². The molecule has 0 aliphatic rings. The van der Waals surface area contributed by atoms with Crippen LogP contribution in [0.4, 0.5) is 5.69 Å². The number of carbonyl (C=O) groups excluding carboxylic acids is 1. The van der Waals surface area contributed by atoms with E-state index in [0.717, 1.165) is 15.8 Å². The van der Waals surface area contributed by atoms with Crippen LogP contribution >= 0.6 is 23.6 Å². The highest BCUT2D eigenvalue weighted by atomic mass is 32.1. The predicted octanol–water partition coefficient (Wildman–Crippen LogP) is 5.18. The van der Waals surface area contributed by atoms with Crippen molar-refractivity contribution in [1.29, 1.82) is 0 Å². The minimum absolute atomic E-state index is 0.142. The number of nitrogens with one attached hydrogen (secondary N) is 2. The number of para-hydroxylation sites is 2. The minimum atomic E-state index is -0.368. The summed E-state index contributed by atoms with van der Waals surface area (Å²) in [4.78, 5) is 16.9. The Balaban J connectivity index is 1.45. The molecule has 6 nitrogen and oxygen atoms in total. The van der Waals surface area contributed by atoms with E-state index in [9.17, 15) is 9.90 Å². The maximum Gasteiger partial charge on any atom is 0.264 e. The lowest BCUT2D eigenvalue weighted by Gasteiger charge is -2.13. The fourth-order valence-electron chi connectivity index (χ4n) is 3.19. The van der Waals surface area contributed by atoms with Crippen LogP contribution in [0.3, 0.4) is 0 Å². The lowest BCUT2D eigenvalue weighted by atomic mass is 10.1. The Morgan fingerprint density at radius 3 is 2.62 bits per heavy atom. The molecule has 0 aliphatic carbocycles. The quantitative estimate of drug-likeness (QED) is 0.279. The van der Waals surface area contributed by atoms with E-state index in [4.69, 9.17) is 17.0 Å². The van der Waals surface area contributed by atoms with Gasteiger partial charge in [0.05, 0.1) is 15.8 Å². The molecule has 0 bridgehead atoms. The first-order valence-corrected chi connectivity index (χ1v) is 11.1. The number of benzene rings is 3. The van der Waals surface area contributed by atoms with Gasteiger partial charge < -0.3 is 15.2 Å². The molecule has 4 rings (SSSR count). The van der Waals surface area contributed by atoms with Gasteiger partial charge in [-0.25, -0.2) is 4.98 Å². The number of fused-ring (bicyclic) bond motifs is 1. The van der Waals surface area contributed by atoms with E-state index in [-0.39, 0.29) is 23.4 Å². The predicted molar refractivity (Wildman–Crippen MR) is 132 cm³/mol. The molecule has 0 atom stereocenters. The number of carbonyl (C=O) groups is 1. The Morgan fingerprint density at radius 1 is 1.09 bits per heavy atom. The number of hydrogen-bond donors (Lipinski definition) is 3. The molecule has 0 saturated carbocycles. The van der Waals surface area contributed by atoms with E-state index in [1.165, 1.54) is 11.3 Å². The molecule has 3 aromatic carbocycles. The van der Waals surface area contributed by atoms with E-state index in [0.29, 0.717) is 27.6 Å². The third-order valence-electron chi connectivity index (χ3n) is 4.79. The highest BCUT2D eigenvalue weighted by Gasteiger charge is 2.15. The molecule has 1 heterocycles. The molecule has 0 radical (unpaired) electrons. The van der Waals surface area contributed by atoms with Crippen molar-refractivity contribution in [3.05, 3.63) is 71.8 Å². The van der Waals surface area contributed by atoms with Gasteiger partial charge in [0, 0.05) is 5.69 Å². The summed E-state index contributed by atoms with van der Waals surface area (Å²) in [6.07, 6.45) is 0. The summed E-state index contributed by atoms with van der Waals surface area (Å²) >= 11 is 6.78. The second kappa shape index (κ2) is 9.33. The summed E-state index contributed by atoms with van der Waals surface area (Å²) in [6.45, 7) is 3.56. The van der Waals surface area contributed by atoms with Crippen molar-refractivity contribution in [3.63, 3.8) is 0 Å². The Morgan fingerprint density at radius 2 is 1.84 bits per heavy atom. The molecule has 0 fully saturated rings. The monoisotopic (exact) mass is 463 g/mol. The van der Waals surface area contributed by atoms with Crippen LogP contribution in [0.1, 0.15) is 11.1 Å². The summed E-state index contributed by atoms with van der Waals surface area (Å²) < 4.78 is 6.59. The first-order valence-electron chi connectivity index (χ1n) is 9.89. The van der Waals surface area contributed by atoms with Crippen LogP contribution < -0.4 is 15.4 Å². The number of aromatic nitrogens is 1. The average Bonchev–Trinajstić information content (AvgIpc) is 3.19. The number of nitrogens with zero attached hydrogens (tertiary/aromatic N) is 1. The van der Waals surface area contributed by atoms with Crippen molar-refractivity contribution in [1.82, 2.24) is 10.3 Å². The molecule has 162 valence electrons. The van der Waals surface area contributed by atoms with Gasteiger partial charge in [-0.1, -0.05) is 30.3 Å². The first-order chi connectivity index (χ1) is 15.4. The number of aryl methyl sites for hydroxylation is 2. The SMILES string of the molecule is Cc1ccccc1OCC(=O)NC(=S)Nc1cc(C)c(O)c(-c2nc3ccccc3s2)c1. The van der Waals surface area contributed by atoms with E-state index in [2.05, 4.69) is 15.6 Å². The lowest BCUT2D eigenvalue weighted by Crippen LogP contribution is -2.37. The number of hydrogen-bond acceptors (Lipinski definition) is 6. The van der Waals surface area contributed by atoms with Gasteiger partial charge in [0.15, 0.2) is 11.7 Å². The summed E-state index contributed by atoms with van der Waals surface area (Å²) in [5.41, 5.74) is 3.73. The maximum absolute atomic E-state index is 12.2. The number of aromatic hydroxyl groups is 1. The zero-order valence-corrected chi connectivity index (χ0v) is 19.1. The van der Waals surface area contributed by atoms with Gasteiger partial charge >= 0.3 is 0 Å². The highest BCUT2D eigenvalue weighted by molar-refractivity contribution is 7.80. The number of anilines is 1.